The highest BCUT2D eigenvalue weighted by Crippen LogP contribution is 2.36. The number of hydrogen-bond acceptors (Lipinski definition) is 4. The molecular weight excluding hydrogens is 467 g/mol. The van der Waals surface area contributed by atoms with Crippen LogP contribution in [-0.2, 0) is 27.4 Å². The van der Waals surface area contributed by atoms with E-state index in [9.17, 15) is 26.4 Å². The third-order valence-electron chi connectivity index (χ3n) is 5.94. The Morgan fingerprint density at radius 2 is 1.84 bits per heavy atom. The van der Waals surface area contributed by atoms with Gasteiger partial charge in [0.25, 0.3) is 0 Å². The number of aromatic nitrogens is 1. The van der Waals surface area contributed by atoms with Crippen LogP contribution in [0.1, 0.15) is 30.4 Å². The van der Waals surface area contributed by atoms with E-state index in [4.69, 9.17) is 11.6 Å². The maximum atomic E-state index is 13.2. The SMILES string of the molecule is O=C(C1CCN(S(=O)(=O)c2cccnc2Cl)CC1)N1CCCc2cc(C(F)(F)F)ccc21. The molecule has 1 aromatic carbocycles. The molecule has 2 aliphatic rings. The van der Waals surface area contributed by atoms with Crippen molar-refractivity contribution in [1.82, 2.24) is 9.29 Å². The first-order chi connectivity index (χ1) is 15.1. The average molecular weight is 488 g/mol. The molecular formula is C21H21ClF3N3O3S. The summed E-state index contributed by atoms with van der Waals surface area (Å²) >= 11 is 5.95. The Balaban J connectivity index is 1.47. The molecule has 2 aromatic rings. The van der Waals surface area contributed by atoms with E-state index in [1.807, 2.05) is 0 Å². The summed E-state index contributed by atoms with van der Waals surface area (Å²) in [5, 5.41) is -0.103. The van der Waals surface area contributed by atoms with E-state index < -0.39 is 27.7 Å². The van der Waals surface area contributed by atoms with Gasteiger partial charge in [-0.1, -0.05) is 11.6 Å². The monoisotopic (exact) mass is 487 g/mol. The number of nitrogens with zero attached hydrogens (tertiary/aromatic N) is 3. The Hall–Kier alpha value is -2.17. The van der Waals surface area contributed by atoms with E-state index in [0.717, 1.165) is 12.1 Å². The maximum Gasteiger partial charge on any atom is 0.416 e. The lowest BCUT2D eigenvalue weighted by molar-refractivity contribution is -0.137. The molecule has 172 valence electrons. The van der Waals surface area contributed by atoms with Crippen LogP contribution in [0, 0.1) is 5.92 Å². The quantitative estimate of drug-likeness (QED) is 0.610. The van der Waals surface area contributed by atoms with Crippen molar-refractivity contribution in [2.45, 2.75) is 36.8 Å². The van der Waals surface area contributed by atoms with Crippen LogP contribution in [0.15, 0.2) is 41.4 Å². The standard InChI is InChI=1S/C21H21ClF3N3O3S/c22-19-18(4-1-9-26-19)32(30,31)27-11-7-14(8-12-27)20(29)28-10-2-3-15-13-16(21(23,24)25)5-6-17(15)28/h1,4-6,9,13-14H,2-3,7-8,10-12H2. The van der Waals surface area contributed by atoms with Gasteiger partial charge in [-0.2, -0.15) is 17.5 Å². The lowest BCUT2D eigenvalue weighted by Crippen LogP contribution is -2.45. The van der Waals surface area contributed by atoms with Crippen molar-refractivity contribution >= 4 is 33.2 Å². The van der Waals surface area contributed by atoms with E-state index in [-0.39, 0.29) is 29.0 Å². The van der Waals surface area contributed by atoms with Crippen LogP contribution in [-0.4, -0.2) is 43.2 Å². The molecule has 32 heavy (non-hydrogen) atoms. The highest BCUT2D eigenvalue weighted by Gasteiger charge is 2.37. The number of rotatable bonds is 3. The van der Waals surface area contributed by atoms with E-state index in [2.05, 4.69) is 4.98 Å². The second-order valence-electron chi connectivity index (χ2n) is 7.91. The number of pyridine rings is 1. The summed E-state index contributed by atoms with van der Waals surface area (Å²) in [7, 11) is -3.83. The lowest BCUT2D eigenvalue weighted by Gasteiger charge is -2.36. The first-order valence-corrected chi connectivity index (χ1v) is 12.0. The molecule has 3 heterocycles. The number of anilines is 1. The molecule has 0 radical (unpaired) electrons. The normalized spacial score (nSPS) is 18.4. The van der Waals surface area contributed by atoms with Gasteiger partial charge in [-0.15, -0.1) is 0 Å². The fourth-order valence-corrected chi connectivity index (χ4v) is 6.17. The number of carbonyl (C=O) groups is 1. The predicted molar refractivity (Wildman–Crippen MR) is 113 cm³/mol. The second-order valence-corrected chi connectivity index (χ2v) is 10.2. The van der Waals surface area contributed by atoms with E-state index >= 15 is 0 Å². The van der Waals surface area contributed by atoms with Crippen molar-refractivity contribution in [2.24, 2.45) is 5.92 Å². The van der Waals surface area contributed by atoms with Crippen molar-refractivity contribution < 1.29 is 26.4 Å². The number of hydrogen-bond donors (Lipinski definition) is 0. The first kappa shape index (κ1) is 23.0. The summed E-state index contributed by atoms with van der Waals surface area (Å²) in [5.74, 6) is -0.582. The minimum atomic E-state index is -4.43. The van der Waals surface area contributed by atoms with Gasteiger partial charge in [-0.05, 0) is 61.6 Å². The van der Waals surface area contributed by atoms with E-state index in [1.165, 1.54) is 28.7 Å². The van der Waals surface area contributed by atoms with Gasteiger partial charge in [0.05, 0.1) is 5.56 Å². The van der Waals surface area contributed by atoms with Gasteiger partial charge in [0.15, 0.2) is 0 Å². The highest BCUT2D eigenvalue weighted by molar-refractivity contribution is 7.89. The molecule has 0 bridgehead atoms. The van der Waals surface area contributed by atoms with Crippen molar-refractivity contribution in [2.75, 3.05) is 24.5 Å². The zero-order valence-electron chi connectivity index (χ0n) is 17.0. The number of amides is 1. The minimum Gasteiger partial charge on any atom is -0.312 e. The summed E-state index contributed by atoms with van der Waals surface area (Å²) < 4.78 is 66.2. The molecule has 0 N–H and O–H groups in total. The molecule has 11 heteroatoms. The van der Waals surface area contributed by atoms with E-state index in [0.29, 0.717) is 43.5 Å². The smallest absolute Gasteiger partial charge is 0.312 e. The largest absolute Gasteiger partial charge is 0.416 e. The van der Waals surface area contributed by atoms with Gasteiger partial charge < -0.3 is 4.90 Å². The molecule has 0 atom stereocenters. The summed E-state index contributed by atoms with van der Waals surface area (Å²) in [6, 6.07) is 6.35. The van der Waals surface area contributed by atoms with Crippen LogP contribution >= 0.6 is 11.6 Å². The summed E-state index contributed by atoms with van der Waals surface area (Å²) in [6.45, 7) is 0.732. The van der Waals surface area contributed by atoms with E-state index in [1.54, 1.807) is 4.90 Å². The number of halogens is 4. The number of alkyl halides is 3. The van der Waals surface area contributed by atoms with Gasteiger partial charge >= 0.3 is 6.18 Å². The van der Waals surface area contributed by atoms with Gasteiger partial charge in [0.2, 0.25) is 15.9 Å². The molecule has 0 spiro atoms. The number of aryl methyl sites for hydroxylation is 1. The lowest BCUT2D eigenvalue weighted by atomic mass is 9.93. The minimum absolute atomic E-state index is 0.0723. The fraction of sp³-hybridized carbons (Fsp3) is 0.429. The maximum absolute atomic E-state index is 13.2. The Morgan fingerprint density at radius 3 is 2.50 bits per heavy atom. The van der Waals surface area contributed by atoms with Gasteiger partial charge in [0.1, 0.15) is 10.0 Å². The number of carbonyl (C=O) groups excluding carboxylic acids is 1. The third kappa shape index (κ3) is 4.35. The second kappa shape index (κ2) is 8.64. The van der Waals surface area contributed by atoms with Crippen molar-refractivity contribution in [3.05, 3.63) is 52.8 Å². The molecule has 4 rings (SSSR count). The molecule has 1 saturated heterocycles. The molecule has 2 aliphatic heterocycles. The van der Waals surface area contributed by atoms with Crippen LogP contribution in [0.2, 0.25) is 5.15 Å². The Labute approximate surface area is 189 Å². The zero-order chi connectivity index (χ0) is 23.1. The number of fused-ring (bicyclic) bond motifs is 1. The van der Waals surface area contributed by atoms with Crippen LogP contribution < -0.4 is 4.90 Å². The first-order valence-electron chi connectivity index (χ1n) is 10.2. The molecule has 0 saturated carbocycles. The third-order valence-corrected chi connectivity index (χ3v) is 8.28. The van der Waals surface area contributed by atoms with Crippen molar-refractivity contribution in [3.8, 4) is 0 Å². The molecule has 1 amide bonds. The van der Waals surface area contributed by atoms with Gasteiger partial charge in [0, 0.05) is 37.4 Å². The number of piperidine rings is 1. The molecule has 0 aliphatic carbocycles. The topological polar surface area (TPSA) is 70.6 Å². The Kier molecular flexibility index (Phi) is 6.21. The number of sulfonamides is 1. The Bertz CT molecular complexity index is 1130. The van der Waals surface area contributed by atoms with Crippen molar-refractivity contribution in [1.29, 1.82) is 0 Å². The summed E-state index contributed by atoms with van der Waals surface area (Å²) in [6.07, 6.45) is -1.33. The van der Waals surface area contributed by atoms with Crippen LogP contribution in [0.5, 0.6) is 0 Å². The fourth-order valence-electron chi connectivity index (χ4n) is 4.27. The number of benzene rings is 1. The van der Waals surface area contributed by atoms with Gasteiger partial charge in [-0.3, -0.25) is 4.79 Å². The molecule has 6 nitrogen and oxygen atoms in total. The molecule has 1 fully saturated rings. The van der Waals surface area contributed by atoms with Crippen LogP contribution in [0.4, 0.5) is 18.9 Å². The summed E-state index contributed by atoms with van der Waals surface area (Å²) in [4.78, 5) is 18.5. The van der Waals surface area contributed by atoms with Crippen LogP contribution in [0.25, 0.3) is 0 Å². The summed E-state index contributed by atoms with van der Waals surface area (Å²) in [5.41, 5.74) is 0.287. The van der Waals surface area contributed by atoms with Crippen molar-refractivity contribution in [3.63, 3.8) is 0 Å². The predicted octanol–water partition coefficient (Wildman–Crippen LogP) is 4.13. The average Bonchev–Trinajstić information content (AvgIpc) is 2.77. The zero-order valence-corrected chi connectivity index (χ0v) is 18.6. The molecule has 0 unspecified atom stereocenters. The highest BCUT2D eigenvalue weighted by atomic mass is 35.5. The van der Waals surface area contributed by atoms with Crippen LogP contribution in [0.3, 0.4) is 0 Å². The Morgan fingerprint density at radius 1 is 1.12 bits per heavy atom. The molecule has 1 aromatic heterocycles. The van der Waals surface area contributed by atoms with Gasteiger partial charge in [-0.25, -0.2) is 13.4 Å².